The van der Waals surface area contributed by atoms with Gasteiger partial charge in [0.25, 0.3) is 0 Å². The Balaban J connectivity index is 1.92. The Labute approximate surface area is 123 Å². The van der Waals surface area contributed by atoms with Crippen molar-refractivity contribution in [2.45, 2.75) is 64.5 Å². The van der Waals surface area contributed by atoms with Crippen molar-refractivity contribution in [1.82, 2.24) is 5.32 Å². The van der Waals surface area contributed by atoms with E-state index in [-0.39, 0.29) is 0 Å². The Bertz CT molecular complexity index is 404. The Morgan fingerprint density at radius 3 is 2.40 bits per heavy atom. The van der Waals surface area contributed by atoms with Crippen LogP contribution < -0.4 is 5.32 Å². The summed E-state index contributed by atoms with van der Waals surface area (Å²) in [6.07, 6.45) is 5.23. The van der Waals surface area contributed by atoms with Crippen molar-refractivity contribution in [2.75, 3.05) is 6.54 Å². The molecule has 1 aliphatic carbocycles. The zero-order valence-electron chi connectivity index (χ0n) is 13.2. The maximum Gasteiger partial charge on any atom is 0.0772 e. The minimum atomic E-state index is -0.495. The normalized spacial score (nSPS) is 28.3. The summed E-state index contributed by atoms with van der Waals surface area (Å²) in [5.41, 5.74) is 2.12. The fourth-order valence-corrected chi connectivity index (χ4v) is 3.09. The Hall–Kier alpha value is -0.860. The highest BCUT2D eigenvalue weighted by Crippen LogP contribution is 2.32. The molecule has 0 radical (unpaired) electrons. The zero-order chi connectivity index (χ0) is 14.6. The van der Waals surface area contributed by atoms with Crippen molar-refractivity contribution < 1.29 is 5.11 Å². The molecule has 1 aromatic carbocycles. The molecular formula is C18H29NO. The number of nitrogens with one attached hydrogen (secondary N) is 1. The third kappa shape index (κ3) is 4.07. The lowest BCUT2D eigenvalue weighted by Crippen LogP contribution is -2.44. The van der Waals surface area contributed by atoms with Crippen LogP contribution in [0.4, 0.5) is 0 Å². The second kappa shape index (κ2) is 6.73. The lowest BCUT2D eigenvalue weighted by atomic mass is 9.79. The lowest BCUT2D eigenvalue weighted by molar-refractivity contribution is -0.00831. The molecule has 1 aromatic rings. The number of aryl methyl sites for hydroxylation is 1. The molecule has 0 bridgehead atoms. The Morgan fingerprint density at radius 2 is 1.85 bits per heavy atom. The van der Waals surface area contributed by atoms with E-state index in [0.29, 0.717) is 12.6 Å². The van der Waals surface area contributed by atoms with Crippen LogP contribution in [0.1, 0.15) is 63.1 Å². The molecule has 0 amide bonds. The van der Waals surface area contributed by atoms with E-state index in [1.807, 2.05) is 0 Å². The van der Waals surface area contributed by atoms with Gasteiger partial charge in [0.1, 0.15) is 0 Å². The van der Waals surface area contributed by atoms with Crippen molar-refractivity contribution in [3.05, 3.63) is 35.4 Å². The minimum Gasteiger partial charge on any atom is -0.389 e. The van der Waals surface area contributed by atoms with Gasteiger partial charge in [-0.15, -0.1) is 0 Å². The van der Waals surface area contributed by atoms with Crippen molar-refractivity contribution in [3.63, 3.8) is 0 Å². The highest BCUT2D eigenvalue weighted by molar-refractivity contribution is 5.24. The van der Waals surface area contributed by atoms with E-state index in [0.717, 1.165) is 38.0 Å². The van der Waals surface area contributed by atoms with Gasteiger partial charge in [-0.2, -0.15) is 0 Å². The van der Waals surface area contributed by atoms with Gasteiger partial charge in [-0.25, -0.2) is 0 Å². The summed E-state index contributed by atoms with van der Waals surface area (Å²) in [5, 5.41) is 14.2. The first-order valence-electron chi connectivity index (χ1n) is 8.05. The van der Waals surface area contributed by atoms with Crippen LogP contribution in [-0.4, -0.2) is 17.3 Å². The number of hydrogen-bond acceptors (Lipinski definition) is 2. The predicted molar refractivity (Wildman–Crippen MR) is 84.8 cm³/mol. The maximum absolute atomic E-state index is 10.7. The summed E-state index contributed by atoms with van der Waals surface area (Å²) in [6.45, 7) is 7.31. The highest BCUT2D eigenvalue weighted by Gasteiger charge is 2.32. The van der Waals surface area contributed by atoms with Gasteiger partial charge in [-0.1, -0.05) is 43.7 Å². The van der Waals surface area contributed by atoms with Crippen LogP contribution in [0.5, 0.6) is 0 Å². The molecule has 1 unspecified atom stereocenters. The third-order valence-electron chi connectivity index (χ3n) is 4.77. The minimum absolute atomic E-state index is 0.346. The summed E-state index contributed by atoms with van der Waals surface area (Å²) < 4.78 is 0. The average molecular weight is 275 g/mol. The fraction of sp³-hybridized carbons (Fsp3) is 0.667. The average Bonchev–Trinajstić information content (AvgIpc) is 2.45. The van der Waals surface area contributed by atoms with Crippen LogP contribution in [0.25, 0.3) is 0 Å². The van der Waals surface area contributed by atoms with Crippen molar-refractivity contribution >= 4 is 0 Å². The van der Waals surface area contributed by atoms with Crippen LogP contribution in [-0.2, 0) is 0 Å². The Morgan fingerprint density at radius 1 is 1.25 bits per heavy atom. The molecule has 0 aliphatic heterocycles. The standard InChI is InChI=1S/C18H29NO/c1-4-17(16-7-5-14(2)6-8-16)19-13-18(20)11-9-15(3)10-12-18/h5-8,15,17,19-20H,4,9-13H2,1-3H3. The third-order valence-corrected chi connectivity index (χ3v) is 4.77. The molecule has 2 N–H and O–H groups in total. The topological polar surface area (TPSA) is 32.3 Å². The van der Waals surface area contributed by atoms with E-state index >= 15 is 0 Å². The van der Waals surface area contributed by atoms with Crippen molar-refractivity contribution in [2.24, 2.45) is 5.92 Å². The first-order valence-corrected chi connectivity index (χ1v) is 8.05. The maximum atomic E-state index is 10.7. The fourth-order valence-electron chi connectivity index (χ4n) is 3.09. The molecule has 1 saturated carbocycles. The molecule has 2 heteroatoms. The summed E-state index contributed by atoms with van der Waals surface area (Å²) in [5.74, 6) is 0.773. The van der Waals surface area contributed by atoms with Crippen molar-refractivity contribution in [1.29, 1.82) is 0 Å². The molecule has 1 atom stereocenters. The smallest absolute Gasteiger partial charge is 0.0772 e. The van der Waals surface area contributed by atoms with Crippen LogP contribution in [0.15, 0.2) is 24.3 Å². The molecule has 0 heterocycles. The van der Waals surface area contributed by atoms with Crippen LogP contribution >= 0.6 is 0 Å². The van der Waals surface area contributed by atoms with E-state index < -0.39 is 5.60 Å². The first-order chi connectivity index (χ1) is 9.52. The van der Waals surface area contributed by atoms with Gasteiger partial charge in [0.2, 0.25) is 0 Å². The SMILES string of the molecule is CCC(NCC1(O)CCC(C)CC1)c1ccc(C)cc1. The van der Waals surface area contributed by atoms with Crippen molar-refractivity contribution in [3.8, 4) is 0 Å². The molecule has 2 rings (SSSR count). The zero-order valence-corrected chi connectivity index (χ0v) is 13.2. The van der Waals surface area contributed by atoms with Crippen LogP contribution in [0.2, 0.25) is 0 Å². The van der Waals surface area contributed by atoms with E-state index in [2.05, 4.69) is 50.4 Å². The van der Waals surface area contributed by atoms with Gasteiger partial charge in [0.15, 0.2) is 0 Å². The van der Waals surface area contributed by atoms with Gasteiger partial charge in [-0.05, 0) is 50.5 Å². The lowest BCUT2D eigenvalue weighted by Gasteiger charge is -2.36. The molecule has 20 heavy (non-hydrogen) atoms. The largest absolute Gasteiger partial charge is 0.389 e. The van der Waals surface area contributed by atoms with Gasteiger partial charge in [-0.3, -0.25) is 0 Å². The Kier molecular flexibility index (Phi) is 5.22. The molecule has 1 fully saturated rings. The molecule has 2 nitrogen and oxygen atoms in total. The van der Waals surface area contributed by atoms with Gasteiger partial charge in [0.05, 0.1) is 5.60 Å². The molecule has 0 saturated heterocycles. The predicted octanol–water partition coefficient (Wildman–Crippen LogP) is 3.98. The van der Waals surface area contributed by atoms with E-state index in [9.17, 15) is 5.11 Å². The monoisotopic (exact) mass is 275 g/mol. The number of hydrogen-bond donors (Lipinski definition) is 2. The first kappa shape index (κ1) is 15.5. The van der Waals surface area contributed by atoms with E-state index in [1.165, 1.54) is 11.1 Å². The summed E-state index contributed by atoms with van der Waals surface area (Å²) in [7, 11) is 0. The van der Waals surface area contributed by atoms with Gasteiger partial charge >= 0.3 is 0 Å². The van der Waals surface area contributed by atoms with Crippen LogP contribution in [0.3, 0.4) is 0 Å². The van der Waals surface area contributed by atoms with Gasteiger partial charge in [0, 0.05) is 12.6 Å². The molecular weight excluding hydrogens is 246 g/mol. The van der Waals surface area contributed by atoms with Gasteiger partial charge < -0.3 is 10.4 Å². The van der Waals surface area contributed by atoms with Crippen LogP contribution in [0, 0.1) is 12.8 Å². The summed E-state index contributed by atoms with van der Waals surface area (Å²) in [4.78, 5) is 0. The molecule has 1 aliphatic rings. The molecule has 112 valence electrons. The second-order valence-corrected chi connectivity index (χ2v) is 6.66. The molecule has 0 aromatic heterocycles. The number of aliphatic hydroxyl groups is 1. The van der Waals surface area contributed by atoms with E-state index in [1.54, 1.807) is 0 Å². The molecule has 0 spiro atoms. The quantitative estimate of drug-likeness (QED) is 0.852. The summed E-state index contributed by atoms with van der Waals surface area (Å²) in [6, 6.07) is 9.07. The highest BCUT2D eigenvalue weighted by atomic mass is 16.3. The second-order valence-electron chi connectivity index (χ2n) is 6.66. The summed E-state index contributed by atoms with van der Waals surface area (Å²) >= 11 is 0. The number of rotatable bonds is 5. The van der Waals surface area contributed by atoms with E-state index in [4.69, 9.17) is 0 Å². The number of benzene rings is 1.